The third kappa shape index (κ3) is 10.9. The smallest absolute Gasteiger partial charge is 0.286 e. The van der Waals surface area contributed by atoms with Crippen LogP contribution in [0.5, 0.6) is 0 Å². The van der Waals surface area contributed by atoms with Crippen LogP contribution in [0.25, 0.3) is 0 Å². The number of nitrogens with one attached hydrogen (secondary N) is 2. The SMILES string of the molecule is C=CC(=O)NC(C(C)C)S(=O)(=O)O.C=CC(=O)NC(C)S(=O)(=O)O. The van der Waals surface area contributed by atoms with E-state index in [2.05, 4.69) is 18.5 Å². The molecule has 140 valence electrons. The van der Waals surface area contributed by atoms with Crippen molar-refractivity contribution in [2.75, 3.05) is 0 Å². The Hall–Kier alpha value is -1.76. The summed E-state index contributed by atoms with van der Waals surface area (Å²) < 4.78 is 59.1. The van der Waals surface area contributed by atoms with E-state index in [1.165, 1.54) is 0 Å². The molecule has 0 bridgehead atoms. The topological polar surface area (TPSA) is 167 Å². The average molecular weight is 386 g/mol. The predicted molar refractivity (Wildman–Crippen MR) is 87.9 cm³/mol. The molecule has 0 spiro atoms. The quantitative estimate of drug-likeness (QED) is 0.341. The molecule has 2 amide bonds. The van der Waals surface area contributed by atoms with Crippen LogP contribution in [0.1, 0.15) is 20.8 Å². The van der Waals surface area contributed by atoms with Crippen molar-refractivity contribution >= 4 is 32.1 Å². The summed E-state index contributed by atoms with van der Waals surface area (Å²) in [6.45, 7) is 10.6. The van der Waals surface area contributed by atoms with Gasteiger partial charge >= 0.3 is 0 Å². The number of carbonyl (C=O) groups excluding carboxylic acids is 2. The average Bonchev–Trinajstić information content (AvgIpc) is 2.42. The van der Waals surface area contributed by atoms with Crippen LogP contribution in [-0.2, 0) is 29.8 Å². The van der Waals surface area contributed by atoms with Gasteiger partial charge in [0.05, 0.1) is 0 Å². The normalized spacial score (nSPS) is 13.8. The zero-order valence-electron chi connectivity index (χ0n) is 13.5. The molecule has 0 aliphatic heterocycles. The van der Waals surface area contributed by atoms with Gasteiger partial charge in [0.15, 0.2) is 10.7 Å². The predicted octanol–water partition coefficient (Wildman–Crippen LogP) is -0.319. The maximum atomic E-state index is 10.8. The molecule has 2 unspecified atom stereocenters. The first-order valence-electron chi connectivity index (χ1n) is 6.45. The molecule has 24 heavy (non-hydrogen) atoms. The second-order valence-corrected chi connectivity index (χ2v) is 8.04. The van der Waals surface area contributed by atoms with Crippen LogP contribution in [0.3, 0.4) is 0 Å². The van der Waals surface area contributed by atoms with Crippen molar-refractivity contribution in [2.45, 2.75) is 31.5 Å². The van der Waals surface area contributed by atoms with E-state index < -0.39 is 48.7 Å². The van der Waals surface area contributed by atoms with Crippen molar-refractivity contribution in [1.29, 1.82) is 0 Å². The van der Waals surface area contributed by atoms with E-state index in [1.54, 1.807) is 13.8 Å². The highest BCUT2D eigenvalue weighted by molar-refractivity contribution is 7.86. The van der Waals surface area contributed by atoms with Gasteiger partial charge in [-0.1, -0.05) is 27.0 Å². The Balaban J connectivity index is 0. The van der Waals surface area contributed by atoms with E-state index in [4.69, 9.17) is 9.11 Å². The molecule has 0 rings (SSSR count). The molecular formula is C12H22N2O8S2. The van der Waals surface area contributed by atoms with Gasteiger partial charge in [-0.25, -0.2) is 0 Å². The Labute approximate surface area is 141 Å². The highest BCUT2D eigenvalue weighted by Gasteiger charge is 2.27. The molecule has 0 fully saturated rings. The van der Waals surface area contributed by atoms with Gasteiger partial charge in [-0.05, 0) is 25.0 Å². The minimum absolute atomic E-state index is 0.404. The van der Waals surface area contributed by atoms with Crippen molar-refractivity contribution in [3.05, 3.63) is 25.3 Å². The van der Waals surface area contributed by atoms with E-state index in [0.29, 0.717) is 0 Å². The first kappa shape index (κ1) is 24.5. The van der Waals surface area contributed by atoms with Crippen LogP contribution in [-0.4, -0.2) is 48.5 Å². The van der Waals surface area contributed by atoms with Gasteiger partial charge < -0.3 is 10.6 Å². The number of carbonyl (C=O) groups is 2. The second kappa shape index (κ2) is 10.2. The van der Waals surface area contributed by atoms with Crippen LogP contribution in [0.2, 0.25) is 0 Å². The van der Waals surface area contributed by atoms with Crippen molar-refractivity contribution in [3.63, 3.8) is 0 Å². The lowest BCUT2D eigenvalue weighted by Crippen LogP contribution is -2.43. The maximum Gasteiger partial charge on any atom is 0.286 e. The van der Waals surface area contributed by atoms with Crippen LogP contribution in [0.15, 0.2) is 25.3 Å². The zero-order chi connectivity index (χ0) is 19.7. The Kier molecular flexibility index (Phi) is 10.4. The molecule has 0 saturated heterocycles. The van der Waals surface area contributed by atoms with Gasteiger partial charge in [0, 0.05) is 0 Å². The van der Waals surface area contributed by atoms with Gasteiger partial charge in [-0.2, -0.15) is 16.8 Å². The summed E-state index contributed by atoms with van der Waals surface area (Å²) in [4.78, 5) is 21.2. The molecule has 10 nitrogen and oxygen atoms in total. The molecular weight excluding hydrogens is 364 g/mol. The summed E-state index contributed by atoms with van der Waals surface area (Å²) in [6.07, 6.45) is 1.86. The van der Waals surface area contributed by atoms with Gasteiger partial charge in [-0.3, -0.25) is 18.7 Å². The summed E-state index contributed by atoms with van der Waals surface area (Å²) in [5, 5.41) is 1.51. The van der Waals surface area contributed by atoms with Crippen molar-refractivity contribution in [3.8, 4) is 0 Å². The Morgan fingerprint density at radius 3 is 1.50 bits per heavy atom. The molecule has 0 aromatic rings. The van der Waals surface area contributed by atoms with Crippen LogP contribution >= 0.6 is 0 Å². The Morgan fingerprint density at radius 2 is 1.25 bits per heavy atom. The summed E-state index contributed by atoms with van der Waals surface area (Å²) >= 11 is 0. The zero-order valence-corrected chi connectivity index (χ0v) is 15.1. The molecule has 0 aromatic carbocycles. The lowest BCUT2D eigenvalue weighted by atomic mass is 10.2. The maximum absolute atomic E-state index is 10.8. The largest absolute Gasteiger partial charge is 0.334 e. The van der Waals surface area contributed by atoms with E-state index in [1.807, 2.05) is 5.32 Å². The first-order valence-corrected chi connectivity index (χ1v) is 9.45. The van der Waals surface area contributed by atoms with Crippen LogP contribution in [0, 0.1) is 5.92 Å². The highest BCUT2D eigenvalue weighted by Crippen LogP contribution is 2.07. The van der Waals surface area contributed by atoms with E-state index >= 15 is 0 Å². The van der Waals surface area contributed by atoms with Crippen molar-refractivity contribution in [2.24, 2.45) is 5.92 Å². The number of amides is 2. The monoisotopic (exact) mass is 386 g/mol. The molecule has 4 N–H and O–H groups in total. The molecule has 12 heteroatoms. The fraction of sp³-hybridized carbons (Fsp3) is 0.500. The fourth-order valence-corrected chi connectivity index (χ4v) is 2.34. The van der Waals surface area contributed by atoms with Gasteiger partial charge in [0.25, 0.3) is 20.2 Å². The van der Waals surface area contributed by atoms with Crippen LogP contribution in [0.4, 0.5) is 0 Å². The fourth-order valence-electron chi connectivity index (χ4n) is 1.12. The summed E-state index contributed by atoms with van der Waals surface area (Å²) in [6, 6.07) is 0. The van der Waals surface area contributed by atoms with E-state index in [9.17, 15) is 26.4 Å². The minimum Gasteiger partial charge on any atom is -0.334 e. The Bertz CT molecular complexity index is 667. The summed E-state index contributed by atoms with van der Waals surface area (Å²) in [5.41, 5.74) is 0. The lowest BCUT2D eigenvalue weighted by Gasteiger charge is -2.17. The van der Waals surface area contributed by atoms with Crippen molar-refractivity contribution < 1.29 is 35.5 Å². The third-order valence-electron chi connectivity index (χ3n) is 2.37. The van der Waals surface area contributed by atoms with Crippen molar-refractivity contribution in [1.82, 2.24) is 10.6 Å². The molecule has 0 aliphatic carbocycles. The molecule has 0 heterocycles. The number of hydrogen-bond acceptors (Lipinski definition) is 6. The van der Waals surface area contributed by atoms with E-state index in [0.717, 1.165) is 19.1 Å². The highest BCUT2D eigenvalue weighted by atomic mass is 32.2. The third-order valence-corrected chi connectivity index (χ3v) is 4.69. The summed E-state index contributed by atoms with van der Waals surface area (Å²) in [7, 11) is -8.44. The Morgan fingerprint density at radius 1 is 0.875 bits per heavy atom. The van der Waals surface area contributed by atoms with Crippen LogP contribution < -0.4 is 10.6 Å². The number of rotatable bonds is 7. The molecule has 0 radical (unpaired) electrons. The van der Waals surface area contributed by atoms with E-state index in [-0.39, 0.29) is 0 Å². The molecule has 0 aromatic heterocycles. The van der Waals surface area contributed by atoms with Gasteiger partial charge in [0.1, 0.15) is 0 Å². The molecule has 2 atom stereocenters. The molecule has 0 aliphatic rings. The number of hydrogen-bond donors (Lipinski definition) is 4. The second-order valence-electron chi connectivity index (χ2n) is 4.76. The lowest BCUT2D eigenvalue weighted by molar-refractivity contribution is -0.117. The molecule has 0 saturated carbocycles. The minimum atomic E-state index is -4.25. The standard InChI is InChI=1S/C7H13NO4S.C5H9NO4S/c1-4-6(9)8-7(5(2)3)13(10,11)12;1-3-5(7)6-4(2)11(8,9)10/h4-5,7H,1H2,2-3H3,(H,8,9)(H,10,11,12);3-4H,1H2,2H3,(H,6,7)(H,8,9,10). The first-order chi connectivity index (χ1) is 10.7. The van der Waals surface area contributed by atoms with Gasteiger partial charge in [0.2, 0.25) is 11.8 Å². The summed E-state index contributed by atoms with van der Waals surface area (Å²) in [5.74, 6) is -1.68. The van der Waals surface area contributed by atoms with Gasteiger partial charge in [-0.15, -0.1) is 0 Å².